The lowest BCUT2D eigenvalue weighted by atomic mass is 9.81. The van der Waals surface area contributed by atoms with Crippen LogP contribution in [0.5, 0.6) is 0 Å². The Kier molecular flexibility index (Phi) is 5.03. The van der Waals surface area contributed by atoms with Crippen LogP contribution < -0.4 is 0 Å². The molecular formula is C16H24FN5O3. The average molecular weight is 353 g/mol. The zero-order valence-electron chi connectivity index (χ0n) is 14.7. The minimum Gasteiger partial charge on any atom is -0.364 e. The van der Waals surface area contributed by atoms with E-state index in [2.05, 4.69) is 10.2 Å². The zero-order valence-corrected chi connectivity index (χ0v) is 14.7. The van der Waals surface area contributed by atoms with Gasteiger partial charge in [-0.25, -0.2) is 4.39 Å². The maximum atomic E-state index is 14.4. The summed E-state index contributed by atoms with van der Waals surface area (Å²) in [7, 11) is 3.33. The summed E-state index contributed by atoms with van der Waals surface area (Å²) in [5.41, 5.74) is -1.66. The number of fused-ring (bicyclic) bond motifs is 1. The van der Waals surface area contributed by atoms with Crippen LogP contribution in [-0.2, 0) is 33.9 Å². The number of nitrogens with zero attached hydrogens (tertiary/aromatic N) is 5. The number of carbonyl (C=O) groups is 2. The number of carbonyl (C=O) groups excluding carboxylic acids is 2. The molecule has 3 rings (SSSR count). The van der Waals surface area contributed by atoms with Crippen LogP contribution in [0, 0.1) is 0 Å². The molecule has 0 unspecified atom stereocenters. The second-order valence-corrected chi connectivity index (χ2v) is 6.83. The Bertz CT molecular complexity index is 656. The normalized spacial score (nSPS) is 18.9. The Morgan fingerprint density at radius 2 is 2.00 bits per heavy atom. The van der Waals surface area contributed by atoms with E-state index >= 15 is 0 Å². The van der Waals surface area contributed by atoms with Crippen LogP contribution in [0.3, 0.4) is 0 Å². The predicted molar refractivity (Wildman–Crippen MR) is 86.3 cm³/mol. The smallest absolute Gasteiger partial charge is 0.260 e. The first kappa shape index (κ1) is 17.8. The molecule has 1 fully saturated rings. The number of halogens is 1. The Hall–Kier alpha value is -2.03. The fourth-order valence-electron chi connectivity index (χ4n) is 3.04. The van der Waals surface area contributed by atoms with Crippen molar-refractivity contribution in [3.63, 3.8) is 0 Å². The van der Waals surface area contributed by atoms with Gasteiger partial charge in [-0.3, -0.25) is 9.59 Å². The molecule has 0 aromatic carbocycles. The minimum atomic E-state index is -1.66. The van der Waals surface area contributed by atoms with E-state index in [-0.39, 0.29) is 19.1 Å². The first-order valence-corrected chi connectivity index (χ1v) is 8.58. The molecule has 0 spiro atoms. The third-order valence-corrected chi connectivity index (χ3v) is 4.87. The topological polar surface area (TPSA) is 80.6 Å². The summed E-state index contributed by atoms with van der Waals surface area (Å²) in [5.74, 6) is 0.858. The van der Waals surface area contributed by atoms with Crippen molar-refractivity contribution in [1.82, 2.24) is 24.6 Å². The molecule has 1 aliphatic carbocycles. The van der Waals surface area contributed by atoms with Crippen molar-refractivity contribution in [2.75, 3.05) is 33.8 Å². The van der Waals surface area contributed by atoms with E-state index < -0.39 is 11.6 Å². The SMILES string of the molecule is CN(C)C(=O)COCc1nnc2n1CCN(C(=O)C1(F)CCC1)CC2. The van der Waals surface area contributed by atoms with Crippen LogP contribution in [-0.4, -0.2) is 75.8 Å². The van der Waals surface area contributed by atoms with Gasteiger partial charge in [0.1, 0.15) is 19.0 Å². The van der Waals surface area contributed by atoms with Gasteiger partial charge in [-0.15, -0.1) is 10.2 Å². The second kappa shape index (κ2) is 7.07. The van der Waals surface area contributed by atoms with Crippen molar-refractivity contribution in [3.8, 4) is 0 Å². The van der Waals surface area contributed by atoms with Gasteiger partial charge in [-0.1, -0.05) is 0 Å². The summed E-state index contributed by atoms with van der Waals surface area (Å²) < 4.78 is 21.7. The molecule has 0 saturated heterocycles. The molecule has 138 valence electrons. The Balaban J connectivity index is 1.58. The van der Waals surface area contributed by atoms with Crippen molar-refractivity contribution < 1.29 is 18.7 Å². The monoisotopic (exact) mass is 353 g/mol. The van der Waals surface area contributed by atoms with Crippen LogP contribution in [0.15, 0.2) is 0 Å². The molecule has 0 N–H and O–H groups in total. The summed E-state index contributed by atoms with van der Waals surface area (Å²) in [4.78, 5) is 27.0. The summed E-state index contributed by atoms with van der Waals surface area (Å²) >= 11 is 0. The van der Waals surface area contributed by atoms with E-state index in [1.54, 1.807) is 19.0 Å². The van der Waals surface area contributed by atoms with E-state index in [1.807, 2.05) is 4.57 Å². The van der Waals surface area contributed by atoms with Gasteiger partial charge in [0.25, 0.3) is 5.91 Å². The first-order valence-electron chi connectivity index (χ1n) is 8.58. The molecule has 0 radical (unpaired) electrons. The number of likely N-dealkylation sites (N-methyl/N-ethyl adjacent to an activating group) is 1. The molecular weight excluding hydrogens is 329 g/mol. The van der Waals surface area contributed by atoms with Crippen molar-refractivity contribution in [3.05, 3.63) is 11.6 Å². The predicted octanol–water partition coefficient (Wildman–Crippen LogP) is 0.160. The fraction of sp³-hybridized carbons (Fsp3) is 0.750. The number of hydrogen-bond donors (Lipinski definition) is 0. The average Bonchev–Trinajstić information content (AvgIpc) is 2.81. The molecule has 9 heteroatoms. The van der Waals surface area contributed by atoms with Gasteiger partial charge >= 0.3 is 0 Å². The van der Waals surface area contributed by atoms with Crippen LogP contribution in [0.2, 0.25) is 0 Å². The maximum absolute atomic E-state index is 14.4. The molecule has 1 aliphatic heterocycles. The number of rotatable bonds is 5. The first-order chi connectivity index (χ1) is 11.9. The molecule has 0 bridgehead atoms. The molecule has 25 heavy (non-hydrogen) atoms. The lowest BCUT2D eigenvalue weighted by Crippen LogP contribution is -2.51. The molecule has 1 saturated carbocycles. The second-order valence-electron chi connectivity index (χ2n) is 6.83. The summed E-state index contributed by atoms with van der Waals surface area (Å²) in [6.07, 6.45) is 1.96. The van der Waals surface area contributed by atoms with E-state index in [0.717, 1.165) is 12.2 Å². The summed E-state index contributed by atoms with van der Waals surface area (Å²) in [5, 5.41) is 8.26. The highest BCUT2D eigenvalue weighted by Crippen LogP contribution is 2.37. The molecule has 1 aromatic heterocycles. The van der Waals surface area contributed by atoms with E-state index in [4.69, 9.17) is 4.74 Å². The summed E-state index contributed by atoms with van der Waals surface area (Å²) in [6.45, 7) is 1.53. The van der Waals surface area contributed by atoms with Crippen LogP contribution >= 0.6 is 0 Å². The summed E-state index contributed by atoms with van der Waals surface area (Å²) in [6, 6.07) is 0. The number of aromatic nitrogens is 3. The van der Waals surface area contributed by atoms with Crippen LogP contribution in [0.25, 0.3) is 0 Å². The standard InChI is InChI=1S/C16H24FN5O3/c1-20(2)14(23)11-25-10-13-19-18-12-4-7-21(8-9-22(12)13)15(24)16(17)5-3-6-16/h3-11H2,1-2H3. The Morgan fingerprint density at radius 1 is 1.24 bits per heavy atom. The van der Waals surface area contributed by atoms with Crippen molar-refractivity contribution >= 4 is 11.8 Å². The quantitative estimate of drug-likeness (QED) is 0.753. The van der Waals surface area contributed by atoms with Gasteiger partial charge in [0.05, 0.1) is 0 Å². The van der Waals surface area contributed by atoms with E-state index in [0.29, 0.717) is 44.7 Å². The van der Waals surface area contributed by atoms with Crippen molar-refractivity contribution in [1.29, 1.82) is 0 Å². The molecule has 8 nitrogen and oxygen atoms in total. The molecule has 0 atom stereocenters. The maximum Gasteiger partial charge on any atom is 0.260 e. The van der Waals surface area contributed by atoms with Crippen molar-refractivity contribution in [2.24, 2.45) is 0 Å². The van der Waals surface area contributed by atoms with E-state index in [9.17, 15) is 14.0 Å². The van der Waals surface area contributed by atoms with E-state index in [1.165, 1.54) is 4.90 Å². The highest BCUT2D eigenvalue weighted by molar-refractivity contribution is 5.86. The number of hydrogen-bond acceptors (Lipinski definition) is 5. The molecule has 2 amide bonds. The van der Waals surface area contributed by atoms with Gasteiger partial charge < -0.3 is 19.1 Å². The van der Waals surface area contributed by atoms with Crippen LogP contribution in [0.1, 0.15) is 30.9 Å². The third kappa shape index (κ3) is 3.65. The highest BCUT2D eigenvalue weighted by Gasteiger charge is 2.47. The van der Waals surface area contributed by atoms with Gasteiger partial charge in [0.15, 0.2) is 11.5 Å². The molecule has 2 heterocycles. The lowest BCUT2D eigenvalue weighted by Gasteiger charge is -2.36. The molecule has 1 aromatic rings. The zero-order chi connectivity index (χ0) is 18.0. The molecule has 2 aliphatic rings. The number of alkyl halides is 1. The van der Waals surface area contributed by atoms with Crippen LogP contribution in [0.4, 0.5) is 4.39 Å². The minimum absolute atomic E-state index is 0.0236. The van der Waals surface area contributed by atoms with Gasteiger partial charge in [0, 0.05) is 40.2 Å². The van der Waals surface area contributed by atoms with Gasteiger partial charge in [0.2, 0.25) is 5.91 Å². The van der Waals surface area contributed by atoms with Gasteiger partial charge in [-0.05, 0) is 19.3 Å². The highest BCUT2D eigenvalue weighted by atomic mass is 19.1. The lowest BCUT2D eigenvalue weighted by molar-refractivity contribution is -0.150. The Morgan fingerprint density at radius 3 is 2.64 bits per heavy atom. The Labute approximate surface area is 145 Å². The third-order valence-electron chi connectivity index (χ3n) is 4.87. The largest absolute Gasteiger partial charge is 0.364 e. The number of ether oxygens (including phenoxy) is 1. The fourth-order valence-corrected chi connectivity index (χ4v) is 3.04. The van der Waals surface area contributed by atoms with Gasteiger partial charge in [-0.2, -0.15) is 0 Å². The van der Waals surface area contributed by atoms with Crippen molar-refractivity contribution in [2.45, 2.75) is 44.5 Å². The number of amides is 2.